The van der Waals surface area contributed by atoms with E-state index >= 15 is 0 Å². The van der Waals surface area contributed by atoms with Crippen LogP contribution >= 0.6 is 0 Å². The third kappa shape index (κ3) is 1.45. The second kappa shape index (κ2) is 4.72. The molecule has 2 aliphatic carbocycles. The smallest absolute Gasteiger partial charge is 0.376 e. The van der Waals surface area contributed by atoms with Crippen LogP contribution in [0.3, 0.4) is 0 Å². The number of fused-ring (bicyclic) bond motifs is 2. The Labute approximate surface area is 138 Å². The zero-order valence-electron chi connectivity index (χ0n) is 12.0. The maximum Gasteiger partial charge on any atom is 0.376 e. The van der Waals surface area contributed by atoms with E-state index in [1.807, 2.05) is 0 Å². The average molecular weight is 438 g/mol. The van der Waals surface area contributed by atoms with E-state index in [1.165, 1.54) is 0 Å². The first-order valence-electron chi connectivity index (χ1n) is 6.44. The molecule has 0 heterocycles. The molecule has 0 aromatic heterocycles. The zero-order chi connectivity index (χ0) is 21.9. The number of hydrogen-bond acceptors (Lipinski definition) is 1. The van der Waals surface area contributed by atoms with Crippen molar-refractivity contribution in [1.82, 2.24) is 0 Å². The Bertz CT molecular complexity index is 656. The Morgan fingerprint density at radius 3 is 1.22 bits per heavy atom. The largest absolute Gasteiger partial charge is 0.395 e. The second-order valence-electron chi connectivity index (χ2n) is 6.10. The van der Waals surface area contributed by atoms with Gasteiger partial charge in [0.25, 0.3) is 5.67 Å². The van der Waals surface area contributed by atoms with E-state index < -0.39 is 65.6 Å². The van der Waals surface area contributed by atoms with Gasteiger partial charge in [-0.1, -0.05) is 0 Å². The third-order valence-corrected chi connectivity index (χ3v) is 5.11. The standard InChI is InChI=1S/C11H5F15O/c12-1-4(13)6(15,16)3(2-27)7(17,18)5(14,9(4,21)22)10(23,24)11(25,26)8(3,19)20/h27H,1-2H2. The molecule has 0 amide bonds. The first kappa shape index (κ1) is 22.2. The summed E-state index contributed by atoms with van der Waals surface area (Å²) in [7, 11) is 0. The molecule has 3 atom stereocenters. The minimum atomic E-state index is -7.89. The third-order valence-electron chi connectivity index (χ3n) is 5.11. The first-order valence-corrected chi connectivity index (χ1v) is 6.44. The van der Waals surface area contributed by atoms with Gasteiger partial charge >= 0.3 is 41.2 Å². The van der Waals surface area contributed by atoms with Crippen LogP contribution in [0, 0.1) is 5.41 Å². The van der Waals surface area contributed by atoms with Crippen molar-refractivity contribution in [2.24, 2.45) is 5.41 Å². The molecule has 2 saturated carbocycles. The van der Waals surface area contributed by atoms with Gasteiger partial charge < -0.3 is 5.11 Å². The molecule has 2 aliphatic rings. The van der Waals surface area contributed by atoms with Crippen LogP contribution in [-0.4, -0.2) is 65.3 Å². The molecule has 2 rings (SSSR count). The fourth-order valence-corrected chi connectivity index (χ4v) is 3.43. The molecule has 0 aromatic carbocycles. The van der Waals surface area contributed by atoms with Gasteiger partial charge in [0.15, 0.2) is 5.41 Å². The van der Waals surface area contributed by atoms with Gasteiger partial charge in [0.05, 0.1) is 6.61 Å². The highest BCUT2D eigenvalue weighted by Crippen LogP contribution is 2.82. The van der Waals surface area contributed by atoms with Crippen LogP contribution in [0.15, 0.2) is 0 Å². The summed E-state index contributed by atoms with van der Waals surface area (Å²) < 4.78 is 207. The Balaban J connectivity index is 3.25. The SMILES string of the molecule is OCC12C(F)(F)C(F)(F)C(F)(F)C(F)(C(F)(F)C(F)(CF)C1(F)F)C2(F)F. The molecule has 0 aliphatic heterocycles. The molecule has 0 saturated heterocycles. The number of aliphatic hydroxyl groups is 1. The van der Waals surface area contributed by atoms with E-state index in [-0.39, 0.29) is 0 Å². The van der Waals surface area contributed by atoms with Crippen LogP contribution in [0.2, 0.25) is 0 Å². The van der Waals surface area contributed by atoms with Crippen LogP contribution in [0.25, 0.3) is 0 Å². The van der Waals surface area contributed by atoms with E-state index in [9.17, 15) is 65.9 Å². The zero-order valence-corrected chi connectivity index (χ0v) is 12.0. The summed E-state index contributed by atoms with van der Waals surface area (Å²) in [5, 5.41) is 8.60. The van der Waals surface area contributed by atoms with Crippen LogP contribution in [0.1, 0.15) is 0 Å². The van der Waals surface area contributed by atoms with E-state index in [0.29, 0.717) is 0 Å². The number of aliphatic hydroxyl groups excluding tert-OH is 1. The Morgan fingerprint density at radius 2 is 0.889 bits per heavy atom. The quantitative estimate of drug-likeness (QED) is 0.642. The monoisotopic (exact) mass is 438 g/mol. The summed E-state index contributed by atoms with van der Waals surface area (Å²) in [6.07, 6.45) is 0. The number of alkyl halides is 15. The molecule has 0 spiro atoms. The Kier molecular flexibility index (Phi) is 3.88. The van der Waals surface area contributed by atoms with Crippen molar-refractivity contribution in [3.05, 3.63) is 0 Å². The molecule has 2 bridgehead atoms. The van der Waals surface area contributed by atoms with E-state index in [0.717, 1.165) is 0 Å². The fraction of sp³-hybridized carbons (Fsp3) is 1.00. The van der Waals surface area contributed by atoms with Crippen LogP contribution < -0.4 is 0 Å². The minimum absolute atomic E-state index is 3.79. The topological polar surface area (TPSA) is 20.2 Å². The molecular weight excluding hydrogens is 433 g/mol. The lowest BCUT2D eigenvalue weighted by atomic mass is 9.47. The highest BCUT2D eigenvalue weighted by Gasteiger charge is 3.13. The molecule has 1 nitrogen and oxygen atoms in total. The van der Waals surface area contributed by atoms with Gasteiger partial charge in [-0.2, -0.15) is 35.1 Å². The molecule has 1 N–H and O–H groups in total. The lowest BCUT2D eigenvalue weighted by Crippen LogP contribution is -2.98. The summed E-state index contributed by atoms with van der Waals surface area (Å²) >= 11 is 0. The maximum atomic E-state index is 14.3. The molecule has 16 heteroatoms. The lowest BCUT2D eigenvalue weighted by Gasteiger charge is -2.67. The number of hydrogen-bond donors (Lipinski definition) is 1. The van der Waals surface area contributed by atoms with Crippen LogP contribution in [0.5, 0.6) is 0 Å². The van der Waals surface area contributed by atoms with Crippen LogP contribution in [-0.2, 0) is 0 Å². The molecular formula is C11H5F15O. The Hall–Kier alpha value is -1.09. The molecule has 160 valence electrons. The van der Waals surface area contributed by atoms with Crippen molar-refractivity contribution in [3.63, 3.8) is 0 Å². The highest BCUT2D eigenvalue weighted by molar-refractivity contribution is 5.42. The summed E-state index contributed by atoms with van der Waals surface area (Å²) in [6.45, 7) is -7.81. The van der Waals surface area contributed by atoms with Gasteiger partial charge in [0, 0.05) is 0 Å². The van der Waals surface area contributed by atoms with Crippen molar-refractivity contribution < 1.29 is 71.0 Å². The number of rotatable bonds is 2. The van der Waals surface area contributed by atoms with Gasteiger partial charge in [-0.15, -0.1) is 0 Å². The van der Waals surface area contributed by atoms with Gasteiger partial charge in [0.1, 0.15) is 6.67 Å². The molecule has 0 radical (unpaired) electrons. The summed E-state index contributed by atoms with van der Waals surface area (Å²) in [5.74, 6) is -45.8. The van der Waals surface area contributed by atoms with Crippen molar-refractivity contribution in [1.29, 1.82) is 0 Å². The molecule has 27 heavy (non-hydrogen) atoms. The molecule has 3 unspecified atom stereocenters. The van der Waals surface area contributed by atoms with Gasteiger partial charge in [0.2, 0.25) is 0 Å². The normalized spacial score (nSPS) is 45.3. The Morgan fingerprint density at radius 1 is 0.481 bits per heavy atom. The average Bonchev–Trinajstić information content (AvgIpc) is 2.50. The van der Waals surface area contributed by atoms with Crippen molar-refractivity contribution in [3.8, 4) is 0 Å². The molecule has 0 aromatic rings. The van der Waals surface area contributed by atoms with Crippen molar-refractivity contribution >= 4 is 0 Å². The van der Waals surface area contributed by atoms with E-state index in [1.54, 1.807) is 0 Å². The molecule has 2 fully saturated rings. The minimum Gasteiger partial charge on any atom is -0.395 e. The predicted octanol–water partition coefficient (Wildman–Crippen LogP) is 4.19. The van der Waals surface area contributed by atoms with E-state index in [2.05, 4.69) is 0 Å². The van der Waals surface area contributed by atoms with Gasteiger partial charge in [-0.3, -0.25) is 0 Å². The highest BCUT2D eigenvalue weighted by atomic mass is 19.4. The van der Waals surface area contributed by atoms with Crippen molar-refractivity contribution in [2.75, 3.05) is 13.3 Å². The number of halogens is 15. The van der Waals surface area contributed by atoms with E-state index in [4.69, 9.17) is 5.11 Å². The van der Waals surface area contributed by atoms with Gasteiger partial charge in [-0.05, 0) is 0 Å². The maximum absolute atomic E-state index is 14.3. The predicted molar refractivity (Wildman–Crippen MR) is 52.9 cm³/mol. The lowest BCUT2D eigenvalue weighted by molar-refractivity contribution is -0.558. The van der Waals surface area contributed by atoms with Gasteiger partial charge in [-0.25, -0.2) is 30.7 Å². The fourth-order valence-electron chi connectivity index (χ4n) is 3.43. The summed E-state index contributed by atoms with van der Waals surface area (Å²) in [6, 6.07) is 0. The van der Waals surface area contributed by atoms with Crippen LogP contribution in [0.4, 0.5) is 65.9 Å². The van der Waals surface area contributed by atoms with Crippen molar-refractivity contribution in [2.45, 2.75) is 46.9 Å². The first-order chi connectivity index (χ1) is 11.6. The summed E-state index contributed by atoms with van der Waals surface area (Å²) in [4.78, 5) is 0. The summed E-state index contributed by atoms with van der Waals surface area (Å²) in [5.41, 5.74) is -21.5. The second-order valence-corrected chi connectivity index (χ2v) is 6.10.